The molecule has 1 aliphatic heterocycles. The highest BCUT2D eigenvalue weighted by atomic mass is 16.5. The molecule has 5 N–H and O–H groups in total. The average Bonchev–Trinajstić information content (AvgIpc) is 2.79. The van der Waals surface area contributed by atoms with E-state index >= 15 is 0 Å². The largest absolute Gasteiger partial charge is 0.491 e. The highest BCUT2D eigenvalue weighted by molar-refractivity contribution is 5.80. The quantitative estimate of drug-likeness (QED) is 0.368. The summed E-state index contributed by atoms with van der Waals surface area (Å²) in [6, 6.07) is 7.63. The summed E-state index contributed by atoms with van der Waals surface area (Å²) in [4.78, 5) is 11.9. The van der Waals surface area contributed by atoms with Crippen molar-refractivity contribution in [2.75, 3.05) is 0 Å². The molecule has 6 nitrogen and oxygen atoms in total. The van der Waals surface area contributed by atoms with Gasteiger partial charge in [0.15, 0.2) is 0 Å². The molecule has 1 aromatic rings. The Kier molecular flexibility index (Phi) is 4.59. The molecule has 0 aromatic heterocycles. The van der Waals surface area contributed by atoms with Gasteiger partial charge in [-0.2, -0.15) is 0 Å². The van der Waals surface area contributed by atoms with E-state index in [1.165, 1.54) is 0 Å². The van der Waals surface area contributed by atoms with Gasteiger partial charge in [-0.1, -0.05) is 12.1 Å². The lowest BCUT2D eigenvalue weighted by Gasteiger charge is -2.20. The van der Waals surface area contributed by atoms with E-state index in [0.29, 0.717) is 0 Å². The monoisotopic (exact) mass is 278 g/mol. The van der Waals surface area contributed by atoms with Gasteiger partial charge in [0, 0.05) is 6.04 Å². The van der Waals surface area contributed by atoms with Crippen molar-refractivity contribution in [2.45, 2.75) is 39.0 Å². The molecule has 1 fully saturated rings. The molecule has 1 aliphatic rings. The van der Waals surface area contributed by atoms with E-state index in [4.69, 9.17) is 10.6 Å². The van der Waals surface area contributed by atoms with E-state index in [0.717, 1.165) is 11.3 Å². The van der Waals surface area contributed by atoms with Crippen LogP contribution in [0.25, 0.3) is 0 Å². The minimum atomic E-state index is -0.269. The molecule has 110 valence electrons. The molecular weight excluding hydrogens is 256 g/mol. The average molecular weight is 278 g/mol. The molecule has 0 saturated carbocycles. The molecule has 6 heteroatoms. The van der Waals surface area contributed by atoms with Crippen molar-refractivity contribution < 1.29 is 9.53 Å². The number of amides is 1. The third-order valence-electron chi connectivity index (χ3n) is 3.40. The van der Waals surface area contributed by atoms with Gasteiger partial charge < -0.3 is 4.74 Å². The Hall–Kier alpha value is -1.63. The van der Waals surface area contributed by atoms with Gasteiger partial charge in [0.2, 0.25) is 5.91 Å². The lowest BCUT2D eigenvalue weighted by molar-refractivity contribution is -0.125. The molecule has 20 heavy (non-hydrogen) atoms. The van der Waals surface area contributed by atoms with Gasteiger partial charge >= 0.3 is 0 Å². The topological polar surface area (TPSA) is 88.4 Å². The van der Waals surface area contributed by atoms with E-state index < -0.39 is 0 Å². The Morgan fingerprint density at radius 2 is 2.15 bits per heavy atom. The molecule has 0 bridgehead atoms. The Morgan fingerprint density at radius 1 is 1.40 bits per heavy atom. The molecule has 1 saturated heterocycles. The number of nitrogens with one attached hydrogen (secondary N) is 3. The predicted molar refractivity (Wildman–Crippen MR) is 76.5 cm³/mol. The molecule has 2 rings (SSSR count). The van der Waals surface area contributed by atoms with Crippen LogP contribution in [0.5, 0.6) is 5.75 Å². The second-order valence-corrected chi connectivity index (χ2v) is 5.33. The lowest BCUT2D eigenvalue weighted by atomic mass is 9.89. The smallest absolute Gasteiger partial charge is 0.240 e. The molecule has 3 atom stereocenters. The third-order valence-corrected chi connectivity index (χ3v) is 3.40. The van der Waals surface area contributed by atoms with E-state index in [2.05, 4.69) is 16.3 Å². The molecule has 1 amide bonds. The summed E-state index contributed by atoms with van der Waals surface area (Å²) in [5, 5.41) is 0. The molecule has 1 heterocycles. The fraction of sp³-hybridized carbons (Fsp3) is 0.500. The first-order chi connectivity index (χ1) is 9.52. The molecular formula is C14H22N4O2. The van der Waals surface area contributed by atoms with Crippen LogP contribution in [0, 0.1) is 5.92 Å². The van der Waals surface area contributed by atoms with Crippen molar-refractivity contribution in [2.24, 2.45) is 11.8 Å². The Balaban J connectivity index is 2.23. The van der Waals surface area contributed by atoms with Crippen molar-refractivity contribution in [1.29, 1.82) is 0 Å². The number of hydrogen-bond donors (Lipinski definition) is 4. The third kappa shape index (κ3) is 3.09. The van der Waals surface area contributed by atoms with Crippen molar-refractivity contribution >= 4 is 5.91 Å². The molecule has 0 aliphatic carbocycles. The Morgan fingerprint density at radius 3 is 2.80 bits per heavy atom. The number of ether oxygens (including phenoxy) is 1. The van der Waals surface area contributed by atoms with Crippen molar-refractivity contribution in [3.05, 3.63) is 29.8 Å². The van der Waals surface area contributed by atoms with Crippen molar-refractivity contribution in [3.8, 4) is 5.75 Å². The summed E-state index contributed by atoms with van der Waals surface area (Å²) in [6.45, 7) is 5.91. The summed E-state index contributed by atoms with van der Waals surface area (Å²) in [5.74, 6) is 5.61. The molecule has 1 aromatic carbocycles. The van der Waals surface area contributed by atoms with E-state index in [9.17, 15) is 4.79 Å². The first kappa shape index (κ1) is 14.8. The van der Waals surface area contributed by atoms with Crippen molar-refractivity contribution in [3.63, 3.8) is 0 Å². The molecule has 0 radical (unpaired) electrons. The second-order valence-electron chi connectivity index (χ2n) is 5.33. The van der Waals surface area contributed by atoms with Crippen LogP contribution in [0.2, 0.25) is 0 Å². The summed E-state index contributed by atoms with van der Waals surface area (Å²) in [5.41, 5.74) is 9.46. The first-order valence-electron chi connectivity index (χ1n) is 6.81. The molecule has 0 spiro atoms. The van der Waals surface area contributed by atoms with E-state index in [1.807, 2.05) is 45.0 Å². The summed E-state index contributed by atoms with van der Waals surface area (Å²) in [7, 11) is 0. The number of rotatable bonds is 4. The van der Waals surface area contributed by atoms with Crippen LogP contribution in [0.3, 0.4) is 0 Å². The zero-order valence-corrected chi connectivity index (χ0v) is 12.0. The van der Waals surface area contributed by atoms with Gasteiger partial charge in [-0.3, -0.25) is 15.6 Å². The maximum Gasteiger partial charge on any atom is 0.240 e. The summed E-state index contributed by atoms with van der Waals surface area (Å²) < 4.78 is 5.69. The van der Waals surface area contributed by atoms with Crippen molar-refractivity contribution in [1.82, 2.24) is 16.3 Å². The van der Waals surface area contributed by atoms with Gasteiger partial charge in [0.25, 0.3) is 0 Å². The number of hydrogen-bond acceptors (Lipinski definition) is 5. The predicted octanol–water partition coefficient (Wildman–Crippen LogP) is 0.617. The summed E-state index contributed by atoms with van der Waals surface area (Å²) in [6.07, 6.45) is 0.113. The highest BCUT2D eigenvalue weighted by Gasteiger charge is 2.39. The number of carbonyl (C=O) groups is 1. The first-order valence-corrected chi connectivity index (χ1v) is 6.81. The van der Waals surface area contributed by atoms with Crippen LogP contribution >= 0.6 is 0 Å². The zero-order chi connectivity index (χ0) is 14.7. The van der Waals surface area contributed by atoms with Crippen LogP contribution < -0.4 is 26.9 Å². The minimum absolute atomic E-state index is 0.00165. The fourth-order valence-corrected chi connectivity index (χ4v) is 2.51. The number of carbonyl (C=O) groups excluding carboxylic acids is 1. The van der Waals surface area contributed by atoms with Crippen LogP contribution in [-0.4, -0.2) is 18.1 Å². The van der Waals surface area contributed by atoms with Crippen LogP contribution in [0.15, 0.2) is 24.3 Å². The fourth-order valence-electron chi connectivity index (χ4n) is 2.51. The molecule has 3 unspecified atom stereocenters. The van der Waals surface area contributed by atoms with Crippen LogP contribution in [-0.2, 0) is 4.79 Å². The lowest BCUT2D eigenvalue weighted by Crippen LogP contribution is -2.41. The van der Waals surface area contributed by atoms with Gasteiger partial charge in [-0.15, -0.1) is 0 Å². The normalized spacial score (nSPS) is 25.8. The Bertz CT molecular complexity index is 478. The van der Waals surface area contributed by atoms with Gasteiger partial charge in [-0.05, 0) is 38.5 Å². The van der Waals surface area contributed by atoms with Crippen LogP contribution in [0.1, 0.15) is 32.4 Å². The van der Waals surface area contributed by atoms with E-state index in [1.54, 1.807) is 0 Å². The highest BCUT2D eigenvalue weighted by Crippen LogP contribution is 2.30. The SMILES string of the molecule is CC(C)Oc1cccc(C2NNC(C)C2C(=O)NN)c1. The standard InChI is InChI=1S/C14H22N4O2/c1-8(2)20-11-6-4-5-10(7-11)13-12(14(19)16-15)9(3)17-18-13/h4-9,12-13,17-18H,15H2,1-3H3,(H,16,19). The van der Waals surface area contributed by atoms with Gasteiger partial charge in [0.05, 0.1) is 18.1 Å². The Labute approximate surface area is 119 Å². The number of hydrazine groups is 2. The van der Waals surface area contributed by atoms with Crippen LogP contribution in [0.4, 0.5) is 0 Å². The number of nitrogens with two attached hydrogens (primary N) is 1. The maximum absolute atomic E-state index is 11.9. The number of benzene rings is 1. The van der Waals surface area contributed by atoms with Gasteiger partial charge in [0.1, 0.15) is 5.75 Å². The second kappa shape index (κ2) is 6.21. The van der Waals surface area contributed by atoms with Gasteiger partial charge in [-0.25, -0.2) is 11.3 Å². The minimum Gasteiger partial charge on any atom is -0.491 e. The van der Waals surface area contributed by atoms with E-state index in [-0.39, 0.29) is 30.0 Å². The maximum atomic E-state index is 11.9. The summed E-state index contributed by atoms with van der Waals surface area (Å²) >= 11 is 0. The zero-order valence-electron chi connectivity index (χ0n) is 12.0.